The first-order valence-corrected chi connectivity index (χ1v) is 6.83. The van der Waals surface area contributed by atoms with E-state index in [1.807, 2.05) is 6.20 Å². The maximum Gasteiger partial charge on any atom is 0.147 e. The molecule has 1 unspecified atom stereocenters. The number of methoxy groups -OCH3 is 1. The van der Waals surface area contributed by atoms with E-state index >= 15 is 0 Å². The van der Waals surface area contributed by atoms with Gasteiger partial charge in [-0.3, -0.25) is 0 Å². The molecule has 2 aromatic rings. The summed E-state index contributed by atoms with van der Waals surface area (Å²) in [5.74, 6) is 1.81. The molecule has 100 valence electrons. The number of aromatic amines is 1. The average Bonchev–Trinajstić information content (AvgIpc) is 3.08. The Kier molecular flexibility index (Phi) is 3.48. The van der Waals surface area contributed by atoms with E-state index in [0.717, 1.165) is 29.1 Å². The number of aromatic nitrogens is 4. The SMILES string of the molecule is CO[C@@H]1CC(c2ncc[nH]2)N(c2ncncc2Br)C1. The van der Waals surface area contributed by atoms with Gasteiger partial charge in [0.05, 0.1) is 16.6 Å². The van der Waals surface area contributed by atoms with Crippen molar-refractivity contribution in [2.24, 2.45) is 0 Å². The van der Waals surface area contributed by atoms with Gasteiger partial charge >= 0.3 is 0 Å². The minimum Gasteiger partial charge on any atom is -0.380 e. The quantitative estimate of drug-likeness (QED) is 0.934. The number of halogens is 1. The molecule has 0 saturated carbocycles. The van der Waals surface area contributed by atoms with E-state index in [4.69, 9.17) is 4.74 Å². The predicted octanol–water partition coefficient (Wildman–Crippen LogP) is 1.93. The van der Waals surface area contributed by atoms with Crippen LogP contribution in [0.5, 0.6) is 0 Å². The summed E-state index contributed by atoms with van der Waals surface area (Å²) in [6.45, 7) is 0.789. The molecule has 1 saturated heterocycles. The molecule has 3 rings (SSSR count). The van der Waals surface area contributed by atoms with Gasteiger partial charge in [-0.25, -0.2) is 15.0 Å². The molecule has 1 N–H and O–H groups in total. The molecule has 0 spiro atoms. The Morgan fingerprint density at radius 2 is 2.37 bits per heavy atom. The molecule has 2 atom stereocenters. The number of nitrogens with zero attached hydrogens (tertiary/aromatic N) is 4. The monoisotopic (exact) mass is 323 g/mol. The van der Waals surface area contributed by atoms with Crippen LogP contribution in [0, 0.1) is 0 Å². The van der Waals surface area contributed by atoms with Crippen LogP contribution in [0.4, 0.5) is 5.82 Å². The summed E-state index contributed by atoms with van der Waals surface area (Å²) in [7, 11) is 1.74. The molecule has 0 bridgehead atoms. The zero-order valence-corrected chi connectivity index (χ0v) is 12.0. The van der Waals surface area contributed by atoms with Crippen LogP contribution in [0.2, 0.25) is 0 Å². The Hall–Kier alpha value is -1.47. The van der Waals surface area contributed by atoms with Gasteiger partial charge in [0.2, 0.25) is 0 Å². The lowest BCUT2D eigenvalue weighted by atomic mass is 10.2. The summed E-state index contributed by atoms with van der Waals surface area (Å²) in [4.78, 5) is 18.1. The largest absolute Gasteiger partial charge is 0.380 e. The first kappa shape index (κ1) is 12.6. The molecule has 6 nitrogen and oxygen atoms in total. The summed E-state index contributed by atoms with van der Waals surface area (Å²) in [5, 5.41) is 0. The molecule has 19 heavy (non-hydrogen) atoms. The van der Waals surface area contributed by atoms with Crippen LogP contribution >= 0.6 is 15.9 Å². The molecule has 0 aliphatic carbocycles. The summed E-state index contributed by atoms with van der Waals surface area (Å²) in [6, 6.07) is 0.145. The third-order valence-corrected chi connectivity index (χ3v) is 3.91. The second-order valence-electron chi connectivity index (χ2n) is 4.43. The molecular formula is C12H14BrN5O. The van der Waals surface area contributed by atoms with E-state index in [9.17, 15) is 0 Å². The first-order valence-electron chi connectivity index (χ1n) is 6.04. The maximum atomic E-state index is 5.49. The molecule has 0 aromatic carbocycles. The van der Waals surface area contributed by atoms with Crippen LogP contribution in [0.25, 0.3) is 0 Å². The first-order chi connectivity index (χ1) is 9.29. The molecule has 3 heterocycles. The number of nitrogens with one attached hydrogen (secondary N) is 1. The van der Waals surface area contributed by atoms with E-state index in [1.165, 1.54) is 0 Å². The lowest BCUT2D eigenvalue weighted by Gasteiger charge is -2.24. The number of ether oxygens (including phenoxy) is 1. The van der Waals surface area contributed by atoms with E-state index < -0.39 is 0 Å². The van der Waals surface area contributed by atoms with E-state index in [0.29, 0.717) is 0 Å². The highest BCUT2D eigenvalue weighted by molar-refractivity contribution is 9.10. The summed E-state index contributed by atoms with van der Waals surface area (Å²) in [5.41, 5.74) is 0. The van der Waals surface area contributed by atoms with Crippen LogP contribution < -0.4 is 4.90 Å². The fraction of sp³-hybridized carbons (Fsp3) is 0.417. The second-order valence-corrected chi connectivity index (χ2v) is 5.28. The Morgan fingerprint density at radius 1 is 1.47 bits per heavy atom. The molecule has 1 fully saturated rings. The fourth-order valence-electron chi connectivity index (χ4n) is 2.44. The molecule has 7 heteroatoms. The smallest absolute Gasteiger partial charge is 0.147 e. The molecule has 1 aliphatic heterocycles. The Morgan fingerprint density at radius 3 is 3.05 bits per heavy atom. The molecule has 1 aliphatic rings. The van der Waals surface area contributed by atoms with Gasteiger partial charge in [0.15, 0.2) is 0 Å². The zero-order chi connectivity index (χ0) is 13.2. The fourth-order valence-corrected chi connectivity index (χ4v) is 2.89. The number of hydrogen-bond acceptors (Lipinski definition) is 5. The van der Waals surface area contributed by atoms with Crippen molar-refractivity contribution in [3.63, 3.8) is 0 Å². The summed E-state index contributed by atoms with van der Waals surface area (Å²) >= 11 is 3.50. The van der Waals surface area contributed by atoms with Crippen molar-refractivity contribution in [2.45, 2.75) is 18.6 Å². The van der Waals surface area contributed by atoms with Crippen molar-refractivity contribution in [1.82, 2.24) is 19.9 Å². The molecule has 0 amide bonds. The zero-order valence-electron chi connectivity index (χ0n) is 10.5. The summed E-state index contributed by atoms with van der Waals surface area (Å²) < 4.78 is 6.37. The number of H-pyrrole nitrogens is 1. The minimum absolute atomic E-state index is 0.145. The number of hydrogen-bond donors (Lipinski definition) is 1. The van der Waals surface area contributed by atoms with Crippen LogP contribution in [-0.2, 0) is 4.74 Å². The highest BCUT2D eigenvalue weighted by Gasteiger charge is 2.36. The van der Waals surface area contributed by atoms with Crippen molar-refractivity contribution in [1.29, 1.82) is 0 Å². The minimum atomic E-state index is 0.145. The number of anilines is 1. The normalized spacial score (nSPS) is 22.9. The third-order valence-electron chi connectivity index (χ3n) is 3.35. The lowest BCUT2D eigenvalue weighted by molar-refractivity contribution is 0.118. The second kappa shape index (κ2) is 5.26. The third kappa shape index (κ3) is 2.35. The number of imidazole rings is 1. The van der Waals surface area contributed by atoms with Crippen molar-refractivity contribution in [2.75, 3.05) is 18.6 Å². The highest BCUT2D eigenvalue weighted by Crippen LogP contribution is 2.37. The van der Waals surface area contributed by atoms with Gasteiger partial charge < -0.3 is 14.6 Å². The molecule has 0 radical (unpaired) electrons. The standard InChI is InChI=1S/C12H14BrN5O/c1-19-8-4-10(11-15-2-3-16-11)18(6-8)12-9(13)5-14-7-17-12/h2-3,5,7-8,10H,4,6H2,1H3,(H,15,16)/t8-,10?/m1/s1. The van der Waals surface area contributed by atoms with Gasteiger partial charge in [-0.15, -0.1) is 0 Å². The Labute approximate surface area is 119 Å². The van der Waals surface area contributed by atoms with Crippen LogP contribution in [0.15, 0.2) is 29.4 Å². The summed E-state index contributed by atoms with van der Waals surface area (Å²) in [6.07, 6.45) is 7.98. The maximum absolute atomic E-state index is 5.49. The van der Waals surface area contributed by atoms with Crippen LogP contribution in [0.3, 0.4) is 0 Å². The van der Waals surface area contributed by atoms with Crippen molar-refractivity contribution in [3.8, 4) is 0 Å². The molecular weight excluding hydrogens is 310 g/mol. The van der Waals surface area contributed by atoms with Gasteiger partial charge in [-0.05, 0) is 15.9 Å². The number of rotatable bonds is 3. The van der Waals surface area contributed by atoms with Crippen molar-refractivity contribution >= 4 is 21.7 Å². The lowest BCUT2D eigenvalue weighted by Crippen LogP contribution is -2.26. The Bertz CT molecular complexity index is 547. The Balaban J connectivity index is 1.96. The van der Waals surface area contributed by atoms with Crippen molar-refractivity contribution < 1.29 is 4.74 Å². The van der Waals surface area contributed by atoms with Gasteiger partial charge in [0.1, 0.15) is 18.0 Å². The highest BCUT2D eigenvalue weighted by atomic mass is 79.9. The van der Waals surface area contributed by atoms with E-state index in [-0.39, 0.29) is 12.1 Å². The van der Waals surface area contributed by atoms with Crippen LogP contribution in [-0.4, -0.2) is 39.7 Å². The van der Waals surface area contributed by atoms with Gasteiger partial charge in [0.25, 0.3) is 0 Å². The van der Waals surface area contributed by atoms with E-state index in [2.05, 4.69) is 40.8 Å². The van der Waals surface area contributed by atoms with Crippen molar-refractivity contribution in [3.05, 3.63) is 35.2 Å². The van der Waals surface area contributed by atoms with Gasteiger partial charge in [-0.1, -0.05) is 0 Å². The van der Waals surface area contributed by atoms with Gasteiger partial charge in [-0.2, -0.15) is 0 Å². The van der Waals surface area contributed by atoms with E-state index in [1.54, 1.807) is 25.8 Å². The van der Waals surface area contributed by atoms with Gasteiger partial charge in [0, 0.05) is 38.7 Å². The molecule has 2 aromatic heterocycles. The predicted molar refractivity (Wildman–Crippen MR) is 73.8 cm³/mol. The average molecular weight is 324 g/mol. The topological polar surface area (TPSA) is 66.9 Å². The van der Waals surface area contributed by atoms with Crippen LogP contribution in [0.1, 0.15) is 18.3 Å².